The summed E-state index contributed by atoms with van der Waals surface area (Å²) in [5.41, 5.74) is 3.53. The van der Waals surface area contributed by atoms with Crippen LogP contribution in [0.1, 0.15) is 81.5 Å². The van der Waals surface area contributed by atoms with Crippen LogP contribution in [-0.4, -0.2) is 205 Å². The molecule has 4 fully saturated rings. The van der Waals surface area contributed by atoms with Gasteiger partial charge in [0.25, 0.3) is 17.4 Å². The van der Waals surface area contributed by atoms with Gasteiger partial charge in [-0.2, -0.15) is 0 Å². The number of ether oxygens (including phenoxy) is 5. The van der Waals surface area contributed by atoms with Gasteiger partial charge in [0.15, 0.2) is 5.60 Å². The molecule has 0 spiro atoms. The Morgan fingerprint density at radius 3 is 2.11 bits per heavy atom. The topological polar surface area (TPSA) is 340 Å². The number of piperidine rings is 2. The number of hydrogen-bond acceptors (Lipinski definition) is 21. The number of carbonyl (C=O) groups excluding carboxylic acids is 7. The van der Waals surface area contributed by atoms with E-state index in [2.05, 4.69) is 60.1 Å². The number of nitrogens with zero attached hydrogens (tertiary/aromatic N) is 7. The van der Waals surface area contributed by atoms with Crippen LogP contribution < -0.4 is 46.7 Å². The van der Waals surface area contributed by atoms with Crippen molar-refractivity contribution in [1.82, 2.24) is 55.9 Å². The van der Waals surface area contributed by atoms with Crippen molar-refractivity contribution >= 4 is 104 Å². The van der Waals surface area contributed by atoms with Crippen LogP contribution in [0.2, 0.25) is 0 Å². The number of amides is 8. The summed E-state index contributed by atoms with van der Waals surface area (Å²) < 4.78 is 32.2. The van der Waals surface area contributed by atoms with Gasteiger partial charge >= 0.3 is 12.0 Å². The lowest BCUT2D eigenvalue weighted by Crippen LogP contribution is -2.55. The number of urea groups is 1. The zero-order valence-corrected chi connectivity index (χ0v) is 64.1. The molecule has 1 unspecified atom stereocenters. The van der Waals surface area contributed by atoms with Gasteiger partial charge in [-0.1, -0.05) is 108 Å². The van der Waals surface area contributed by atoms with Crippen LogP contribution in [0.3, 0.4) is 0 Å². The molecule has 7 heterocycles. The average Bonchev–Trinajstić information content (AvgIpc) is 1.09. The number of imide groups is 2. The lowest BCUT2D eigenvalue weighted by atomic mass is 9.87. The molecule has 3 aromatic heterocycles. The quantitative estimate of drug-likeness (QED) is 0.00884. The van der Waals surface area contributed by atoms with Crippen molar-refractivity contribution in [3.8, 4) is 28.7 Å². The summed E-state index contributed by atoms with van der Waals surface area (Å²) in [7, 11) is 3.25. The van der Waals surface area contributed by atoms with Crippen LogP contribution in [0.25, 0.3) is 32.9 Å². The molecule has 3 saturated heterocycles. The lowest BCUT2D eigenvalue weighted by molar-refractivity contribution is -0.141. The number of pyridine rings is 1. The van der Waals surface area contributed by atoms with E-state index < -0.39 is 66.1 Å². The predicted molar refractivity (Wildman–Crippen MR) is 422 cm³/mol. The Morgan fingerprint density at radius 1 is 0.750 bits per heavy atom. The number of hydrogen-bond donors (Lipinski definition) is 7. The van der Waals surface area contributed by atoms with Gasteiger partial charge in [0.05, 0.1) is 99.0 Å². The first-order valence-electron chi connectivity index (χ1n) is 37.4. The Labute approximate surface area is 655 Å². The maximum atomic E-state index is 13.6. The molecule has 8 amide bonds. The minimum Gasteiger partial charge on any atom is -0.495 e. The van der Waals surface area contributed by atoms with Gasteiger partial charge in [-0.25, -0.2) is 14.8 Å². The van der Waals surface area contributed by atoms with Crippen LogP contribution in [0, 0.1) is 11.8 Å². The monoisotopic (exact) mass is 1560 g/mol. The molecule has 8 aromatic rings. The summed E-state index contributed by atoms with van der Waals surface area (Å²) in [6.45, 7) is 5.03. The van der Waals surface area contributed by atoms with Crippen LogP contribution in [-0.2, 0) is 65.2 Å². The van der Waals surface area contributed by atoms with Gasteiger partial charge in [-0.05, 0) is 117 Å². The van der Waals surface area contributed by atoms with Gasteiger partial charge in [0.1, 0.15) is 24.0 Å². The number of benzene rings is 5. The smallest absolute Gasteiger partial charge is 0.328 e. The highest BCUT2D eigenvalue weighted by molar-refractivity contribution is 8.08. The van der Waals surface area contributed by atoms with E-state index >= 15 is 0 Å². The van der Waals surface area contributed by atoms with E-state index in [4.69, 9.17) is 33.7 Å². The van der Waals surface area contributed by atoms with E-state index in [1.54, 1.807) is 23.9 Å². The SMILES string of the molecule is COc1ccc(C#CCNC2(C)CCN(C3CCN(c4nc(C(COCNC(=O)CNC(=O)[C@H](CC(=O)O)NC(=O)CCOCCOCCN5C(=O)C(Sc6ccccc6)=C(Sc6ccccc6)C5=O)(OC5CC5)c5ccccc5)c5cc(-c6cn(C)c(=O)c7[nH]ccc67)ccc5n4)CC3)CC2)cc1N1CCC(=O)NC1=O. The molecule has 112 heavy (non-hydrogen) atoms. The molecule has 0 radical (unpaired) electrons. The number of aliphatic carboxylic acids is 1. The number of nitrogens with one attached hydrogen (secondary N) is 6. The predicted octanol–water partition coefficient (Wildman–Crippen LogP) is 7.57. The first kappa shape index (κ1) is 79.3. The molecule has 0 bridgehead atoms. The Balaban J connectivity index is 0.622. The van der Waals surface area contributed by atoms with Crippen molar-refractivity contribution in [2.24, 2.45) is 7.05 Å². The molecule has 1 saturated carbocycles. The van der Waals surface area contributed by atoms with Crippen molar-refractivity contribution in [2.75, 3.05) is 109 Å². The molecule has 7 N–H and O–H groups in total. The van der Waals surface area contributed by atoms with E-state index in [0.29, 0.717) is 75.0 Å². The first-order chi connectivity index (χ1) is 54.3. The largest absolute Gasteiger partial charge is 0.495 e. The maximum absolute atomic E-state index is 13.6. The normalized spacial score (nSPS) is 16.9. The standard InChI is InChI=1S/C82H89N13O15S2/c1-81(86-34-13-14-53-21-26-66(106-3)65(46-53)94-38-30-67(96)89-80(94)105)32-39-92(40-33-81)56-28-36-93(37-29-56)79-88-63-25-22-54(62-50-91(2)76(102)71-60(62)27-35-83-71)47-61(63)74(90-79)82(110-57-23-24-57,55-15-7-4-8-16-55)51-109-52-85-69(98)49-84-75(101)64(48-70(99)100)87-68(97)31-42-107-44-45-108-43-41-95-77(103)72(111-58-17-9-5-10-18-58)73(78(95)104)112-59-19-11-6-12-20-59/h4-12,15-22,25-27,35,46-47,50,56-57,64,83,86H,23-24,28-34,36-45,48-49,51-52H2,1-3H3,(H,84,101)(H,85,98)(H,87,97)(H,99,100)(H,89,96,105)/t64-,82?/m0/s1. The summed E-state index contributed by atoms with van der Waals surface area (Å²) in [5, 5.41) is 24.9. The number of fused-ring (bicyclic) bond motifs is 2. The number of methoxy groups -OCH3 is 1. The maximum Gasteiger partial charge on any atom is 0.328 e. The molecule has 5 aromatic carbocycles. The lowest BCUT2D eigenvalue weighted by Gasteiger charge is -2.45. The summed E-state index contributed by atoms with van der Waals surface area (Å²) in [4.78, 5) is 141. The number of carbonyl (C=O) groups is 8. The number of aryl methyl sites for hydroxylation is 1. The second-order valence-electron chi connectivity index (χ2n) is 28.2. The molecule has 4 aliphatic heterocycles. The number of H-pyrrole nitrogens is 1. The van der Waals surface area contributed by atoms with Crippen LogP contribution in [0.15, 0.2) is 170 Å². The summed E-state index contributed by atoms with van der Waals surface area (Å²) in [6.07, 6.45) is 7.68. The first-order valence-corrected chi connectivity index (χ1v) is 39.1. The zero-order chi connectivity index (χ0) is 78.3. The minimum absolute atomic E-state index is 0.00349. The van der Waals surface area contributed by atoms with Crippen LogP contribution in [0.4, 0.5) is 16.4 Å². The Hall–Kier alpha value is -10.8. The van der Waals surface area contributed by atoms with E-state index in [9.17, 15) is 48.3 Å². The van der Waals surface area contributed by atoms with Crippen LogP contribution in [0.5, 0.6) is 5.75 Å². The van der Waals surface area contributed by atoms with Crippen molar-refractivity contribution in [1.29, 1.82) is 0 Å². The summed E-state index contributed by atoms with van der Waals surface area (Å²) in [5.74, 6) is 2.76. The fourth-order valence-corrected chi connectivity index (χ4v) is 16.2. The third kappa shape index (κ3) is 19.4. The number of thioether (sulfide) groups is 2. The highest BCUT2D eigenvalue weighted by Gasteiger charge is 2.46. The summed E-state index contributed by atoms with van der Waals surface area (Å²) >= 11 is 2.47. The second-order valence-corrected chi connectivity index (χ2v) is 30.4. The molecular formula is C82H89N13O15S2. The minimum atomic E-state index is -1.54. The van der Waals surface area contributed by atoms with Gasteiger partial charge in [-0.3, -0.25) is 53.5 Å². The number of anilines is 2. The van der Waals surface area contributed by atoms with Gasteiger partial charge in [0, 0.05) is 108 Å². The molecule has 13 rings (SSSR count). The van der Waals surface area contributed by atoms with Crippen LogP contribution >= 0.6 is 23.5 Å². The molecule has 30 heteroatoms. The van der Waals surface area contributed by atoms with E-state index in [1.807, 2.05) is 134 Å². The molecule has 1 aliphatic carbocycles. The van der Waals surface area contributed by atoms with Crippen molar-refractivity contribution < 1.29 is 67.1 Å². The number of carboxylic acid groups (broad SMARTS) is 1. The fraction of sp³-hybridized carbons (Fsp3) is 0.378. The molecule has 584 valence electrons. The molecule has 5 aliphatic rings. The fourth-order valence-electron chi connectivity index (χ4n) is 14.1. The van der Waals surface area contributed by atoms with E-state index in [1.165, 1.54) is 35.5 Å². The number of aromatic amines is 1. The summed E-state index contributed by atoms with van der Waals surface area (Å²) in [6, 6.07) is 39.9. The van der Waals surface area contributed by atoms with Crippen molar-refractivity contribution in [3.63, 3.8) is 0 Å². The second kappa shape index (κ2) is 36.6. The highest BCUT2D eigenvalue weighted by Crippen LogP contribution is 2.46. The third-order valence-electron chi connectivity index (χ3n) is 20.4. The van der Waals surface area contributed by atoms with E-state index in [0.717, 1.165) is 93.9 Å². The number of rotatable bonds is 34. The highest BCUT2D eigenvalue weighted by atomic mass is 32.2. The molecular weight excluding hydrogens is 1470 g/mol. The van der Waals surface area contributed by atoms with Crippen molar-refractivity contribution in [3.05, 3.63) is 183 Å². The number of carboxylic acids is 1. The zero-order valence-electron chi connectivity index (χ0n) is 62.5. The molecule has 2 atom stereocenters. The average molecular weight is 1560 g/mol. The van der Waals surface area contributed by atoms with Gasteiger partial charge < -0.3 is 69.4 Å². The van der Waals surface area contributed by atoms with Crippen molar-refractivity contribution in [2.45, 2.75) is 104 Å². The number of aromatic nitrogens is 4. The molecule has 28 nitrogen and oxygen atoms in total. The Kier molecular flexibility index (Phi) is 25.9. The Morgan fingerprint density at radius 2 is 1.44 bits per heavy atom. The Bertz CT molecular complexity index is 4900. The number of likely N-dealkylation sites (tertiary alicyclic amines) is 1. The van der Waals surface area contributed by atoms with Gasteiger partial charge in [-0.15, -0.1) is 0 Å². The van der Waals surface area contributed by atoms with E-state index in [-0.39, 0.29) is 88.8 Å². The van der Waals surface area contributed by atoms with Gasteiger partial charge in [0.2, 0.25) is 29.6 Å². The third-order valence-corrected chi connectivity index (χ3v) is 22.7.